The van der Waals surface area contributed by atoms with Crippen LogP contribution < -0.4 is 5.32 Å². The molecule has 2 rings (SSSR count). The molecule has 1 saturated heterocycles. The van der Waals surface area contributed by atoms with E-state index in [0.29, 0.717) is 25.1 Å². The van der Waals surface area contributed by atoms with Crippen molar-refractivity contribution in [3.8, 4) is 0 Å². The van der Waals surface area contributed by atoms with Crippen LogP contribution in [0.3, 0.4) is 0 Å². The number of hydrogen-bond donors (Lipinski definition) is 1. The van der Waals surface area contributed by atoms with Crippen molar-refractivity contribution in [2.24, 2.45) is 5.41 Å². The Hall–Kier alpha value is -1.11. The molecule has 1 unspecified atom stereocenters. The Kier molecular flexibility index (Phi) is 4.13. The maximum atomic E-state index is 12.5. The van der Waals surface area contributed by atoms with Crippen molar-refractivity contribution in [1.29, 1.82) is 0 Å². The molecule has 1 atom stereocenters. The molecule has 0 bridgehead atoms. The van der Waals surface area contributed by atoms with E-state index < -0.39 is 5.41 Å². The van der Waals surface area contributed by atoms with Crippen LogP contribution in [-0.4, -0.2) is 36.9 Å². The predicted molar refractivity (Wildman–Crippen MR) is 81.9 cm³/mol. The van der Waals surface area contributed by atoms with Crippen LogP contribution in [-0.2, 0) is 4.79 Å². The highest BCUT2D eigenvalue weighted by Gasteiger charge is 2.41. The van der Waals surface area contributed by atoms with Crippen molar-refractivity contribution in [3.63, 3.8) is 0 Å². The third-order valence-electron chi connectivity index (χ3n) is 3.64. The van der Waals surface area contributed by atoms with E-state index in [2.05, 4.69) is 27.9 Å². The summed E-state index contributed by atoms with van der Waals surface area (Å²) in [5.74, 6) is 0.0168. The fourth-order valence-electron chi connectivity index (χ4n) is 2.43. The lowest BCUT2D eigenvalue weighted by Crippen LogP contribution is -2.40. The predicted octanol–water partition coefficient (Wildman–Crippen LogP) is 1.89. The van der Waals surface area contributed by atoms with Crippen molar-refractivity contribution in [3.05, 3.63) is 33.4 Å². The molecule has 1 aliphatic heterocycles. The molecule has 0 radical (unpaired) electrons. The summed E-state index contributed by atoms with van der Waals surface area (Å²) in [6, 6.07) is 7.53. The molecule has 102 valence electrons. The fraction of sp³-hybridized carbons (Fsp3) is 0.429. The monoisotopic (exact) mass is 372 g/mol. The summed E-state index contributed by atoms with van der Waals surface area (Å²) in [4.78, 5) is 26.1. The van der Waals surface area contributed by atoms with E-state index in [-0.39, 0.29) is 11.8 Å². The first-order chi connectivity index (χ1) is 8.98. The fourth-order valence-corrected chi connectivity index (χ4v) is 3.04. The van der Waals surface area contributed by atoms with Crippen LogP contribution in [0, 0.1) is 8.99 Å². The van der Waals surface area contributed by atoms with Crippen LogP contribution in [0.2, 0.25) is 0 Å². The van der Waals surface area contributed by atoms with Gasteiger partial charge in [-0.2, -0.15) is 0 Å². The Morgan fingerprint density at radius 2 is 2.05 bits per heavy atom. The first kappa shape index (κ1) is 14.3. The third-order valence-corrected chi connectivity index (χ3v) is 4.58. The third kappa shape index (κ3) is 2.75. The highest BCUT2D eigenvalue weighted by atomic mass is 127. The zero-order chi connectivity index (χ0) is 14.0. The molecule has 2 amide bonds. The molecule has 1 fully saturated rings. The average Bonchev–Trinajstić information content (AvgIpc) is 2.81. The van der Waals surface area contributed by atoms with Gasteiger partial charge in [-0.15, -0.1) is 0 Å². The number of carbonyl (C=O) groups excluding carboxylic acids is 2. The molecule has 1 aromatic rings. The highest BCUT2D eigenvalue weighted by Crippen LogP contribution is 2.31. The Bertz CT molecular complexity index is 518. The summed E-state index contributed by atoms with van der Waals surface area (Å²) in [7, 11) is 1.64. The molecule has 0 saturated carbocycles. The minimum atomic E-state index is -0.468. The number of rotatable bonds is 2. The molecular weight excluding hydrogens is 355 g/mol. The molecular formula is C14H17IN2O2. The van der Waals surface area contributed by atoms with Crippen LogP contribution in [0.15, 0.2) is 24.3 Å². The number of carbonyl (C=O) groups is 2. The lowest BCUT2D eigenvalue weighted by molar-refractivity contribution is -0.128. The summed E-state index contributed by atoms with van der Waals surface area (Å²) in [6.07, 6.45) is 0.710. The van der Waals surface area contributed by atoms with Crippen molar-refractivity contribution in [2.45, 2.75) is 13.3 Å². The van der Waals surface area contributed by atoms with Gasteiger partial charge >= 0.3 is 0 Å². The van der Waals surface area contributed by atoms with Gasteiger partial charge in [0.2, 0.25) is 5.91 Å². The van der Waals surface area contributed by atoms with Gasteiger partial charge in [0.25, 0.3) is 5.91 Å². The smallest absolute Gasteiger partial charge is 0.254 e. The second-order valence-electron chi connectivity index (χ2n) is 5.10. The van der Waals surface area contributed by atoms with Crippen LogP contribution in [0.1, 0.15) is 23.7 Å². The van der Waals surface area contributed by atoms with Gasteiger partial charge in [-0.05, 0) is 48.1 Å². The zero-order valence-electron chi connectivity index (χ0n) is 11.1. The molecule has 5 heteroatoms. The van der Waals surface area contributed by atoms with Crippen LogP contribution in [0.5, 0.6) is 0 Å². The number of benzene rings is 1. The van der Waals surface area contributed by atoms with Crippen molar-refractivity contribution < 1.29 is 9.59 Å². The van der Waals surface area contributed by atoms with E-state index in [4.69, 9.17) is 0 Å². The molecule has 0 aliphatic carbocycles. The zero-order valence-corrected chi connectivity index (χ0v) is 13.2. The number of nitrogens with zero attached hydrogens (tertiary/aromatic N) is 1. The lowest BCUT2D eigenvalue weighted by Gasteiger charge is -2.23. The summed E-state index contributed by atoms with van der Waals surface area (Å²) >= 11 is 2.16. The van der Waals surface area contributed by atoms with Crippen LogP contribution >= 0.6 is 22.6 Å². The minimum Gasteiger partial charge on any atom is -0.359 e. The van der Waals surface area contributed by atoms with Gasteiger partial charge in [-0.3, -0.25) is 9.59 Å². The first-order valence-electron chi connectivity index (χ1n) is 6.24. The summed E-state index contributed by atoms with van der Waals surface area (Å²) < 4.78 is 0.943. The molecule has 0 aromatic heterocycles. The standard InChI is InChI=1S/C14H17IN2O2/c1-14(13(19)16-2)7-8-17(9-14)12(18)10-5-3-4-6-11(10)15/h3-6H,7-9H2,1-2H3,(H,16,19). The van der Waals surface area contributed by atoms with Gasteiger partial charge in [0.05, 0.1) is 11.0 Å². The largest absolute Gasteiger partial charge is 0.359 e. The van der Waals surface area contributed by atoms with Crippen molar-refractivity contribution in [1.82, 2.24) is 10.2 Å². The minimum absolute atomic E-state index is 0.00515. The highest BCUT2D eigenvalue weighted by molar-refractivity contribution is 14.1. The van der Waals surface area contributed by atoms with Gasteiger partial charge in [0, 0.05) is 23.7 Å². The average molecular weight is 372 g/mol. The first-order valence-corrected chi connectivity index (χ1v) is 7.32. The molecule has 1 aromatic carbocycles. The SMILES string of the molecule is CNC(=O)C1(C)CCN(C(=O)c2ccccc2I)C1. The molecule has 1 N–H and O–H groups in total. The second kappa shape index (κ2) is 5.48. The summed E-state index contributed by atoms with van der Waals surface area (Å²) in [6.45, 7) is 3.03. The summed E-state index contributed by atoms with van der Waals surface area (Å²) in [5.41, 5.74) is 0.245. The van der Waals surface area contributed by atoms with Gasteiger partial charge < -0.3 is 10.2 Å². The number of nitrogens with one attached hydrogen (secondary N) is 1. The Morgan fingerprint density at radius 1 is 1.37 bits per heavy atom. The Morgan fingerprint density at radius 3 is 2.68 bits per heavy atom. The second-order valence-corrected chi connectivity index (χ2v) is 6.26. The van der Waals surface area contributed by atoms with E-state index in [9.17, 15) is 9.59 Å². The number of amides is 2. The van der Waals surface area contributed by atoms with Crippen molar-refractivity contribution in [2.75, 3.05) is 20.1 Å². The lowest BCUT2D eigenvalue weighted by atomic mass is 9.89. The number of halogens is 1. The summed E-state index contributed by atoms with van der Waals surface area (Å²) in [5, 5.41) is 2.68. The number of likely N-dealkylation sites (tertiary alicyclic amines) is 1. The van der Waals surface area contributed by atoms with E-state index in [1.165, 1.54) is 0 Å². The van der Waals surface area contributed by atoms with E-state index >= 15 is 0 Å². The molecule has 1 heterocycles. The van der Waals surface area contributed by atoms with Crippen LogP contribution in [0.25, 0.3) is 0 Å². The Balaban J connectivity index is 2.16. The van der Waals surface area contributed by atoms with Gasteiger partial charge in [0.1, 0.15) is 0 Å². The normalized spacial score (nSPS) is 22.4. The maximum absolute atomic E-state index is 12.5. The van der Waals surface area contributed by atoms with E-state index in [0.717, 1.165) is 3.57 Å². The van der Waals surface area contributed by atoms with Gasteiger partial charge in [-0.25, -0.2) is 0 Å². The maximum Gasteiger partial charge on any atom is 0.254 e. The van der Waals surface area contributed by atoms with Crippen molar-refractivity contribution >= 4 is 34.4 Å². The van der Waals surface area contributed by atoms with E-state index in [1.807, 2.05) is 31.2 Å². The van der Waals surface area contributed by atoms with Gasteiger partial charge in [-0.1, -0.05) is 12.1 Å². The molecule has 1 aliphatic rings. The quantitative estimate of drug-likeness (QED) is 0.807. The van der Waals surface area contributed by atoms with Crippen LogP contribution in [0.4, 0.5) is 0 Å². The molecule has 0 spiro atoms. The van der Waals surface area contributed by atoms with Gasteiger partial charge in [0.15, 0.2) is 0 Å². The topological polar surface area (TPSA) is 49.4 Å². The Labute approximate surface area is 126 Å². The molecule has 19 heavy (non-hydrogen) atoms. The van der Waals surface area contributed by atoms with E-state index in [1.54, 1.807) is 11.9 Å². The molecule has 4 nitrogen and oxygen atoms in total. The number of hydrogen-bond acceptors (Lipinski definition) is 2.